The number of nitrogens with two attached hydrogens (primary N) is 1. The van der Waals surface area contributed by atoms with E-state index < -0.39 is 0 Å². The van der Waals surface area contributed by atoms with Crippen LogP contribution in [-0.2, 0) is 11.3 Å². The average Bonchev–Trinajstić information content (AvgIpc) is 2.38. The van der Waals surface area contributed by atoms with Gasteiger partial charge in [0.1, 0.15) is 0 Å². The number of nitrogens with one attached hydrogen (secondary N) is 1. The second-order valence-corrected chi connectivity index (χ2v) is 5.02. The van der Waals surface area contributed by atoms with Crippen LogP contribution < -0.4 is 11.1 Å². The number of rotatable bonds is 5. The summed E-state index contributed by atoms with van der Waals surface area (Å²) in [5, 5.41) is 5.48. The van der Waals surface area contributed by atoms with Crippen molar-refractivity contribution in [2.75, 3.05) is 0 Å². The maximum atomic E-state index is 11.4. The summed E-state index contributed by atoms with van der Waals surface area (Å²) < 4.78 is 0. The van der Waals surface area contributed by atoms with Gasteiger partial charge in [0.15, 0.2) is 0 Å². The Kier molecular flexibility index (Phi) is 4.12. The molecule has 0 radical (unpaired) electrons. The van der Waals surface area contributed by atoms with Crippen LogP contribution in [-0.4, -0.2) is 16.9 Å². The number of carbonyl (C=O) groups excluding carboxylic acids is 1. The third-order valence-corrected chi connectivity index (χ3v) is 3.26. The van der Waals surface area contributed by atoms with Crippen LogP contribution in [0.3, 0.4) is 0 Å². The summed E-state index contributed by atoms with van der Waals surface area (Å²) in [7, 11) is 0. The van der Waals surface area contributed by atoms with Gasteiger partial charge < -0.3 is 11.1 Å². The van der Waals surface area contributed by atoms with Crippen LogP contribution in [0.15, 0.2) is 36.7 Å². The Balaban J connectivity index is 2.20. The van der Waals surface area contributed by atoms with E-state index in [1.165, 1.54) is 0 Å². The van der Waals surface area contributed by atoms with E-state index in [0.717, 1.165) is 16.3 Å². The Morgan fingerprint density at radius 1 is 1.37 bits per heavy atom. The quantitative estimate of drug-likeness (QED) is 0.858. The van der Waals surface area contributed by atoms with Gasteiger partial charge in [-0.1, -0.05) is 32.0 Å². The number of fused-ring (bicyclic) bond motifs is 1. The molecule has 0 saturated carbocycles. The Morgan fingerprint density at radius 3 is 2.84 bits per heavy atom. The van der Waals surface area contributed by atoms with Crippen LogP contribution in [0.25, 0.3) is 10.8 Å². The van der Waals surface area contributed by atoms with Crippen LogP contribution in [0.4, 0.5) is 0 Å². The van der Waals surface area contributed by atoms with Gasteiger partial charge in [-0.25, -0.2) is 0 Å². The molecule has 2 rings (SSSR count). The zero-order valence-electron chi connectivity index (χ0n) is 11.3. The molecule has 100 valence electrons. The zero-order chi connectivity index (χ0) is 13.8. The Hall–Kier alpha value is -1.94. The van der Waals surface area contributed by atoms with Gasteiger partial charge in [0.25, 0.3) is 0 Å². The number of amides is 1. The largest absolute Gasteiger partial charge is 0.368 e. The van der Waals surface area contributed by atoms with Crippen molar-refractivity contribution in [2.45, 2.75) is 26.4 Å². The predicted octanol–water partition coefficient (Wildman–Crippen LogP) is 1.83. The van der Waals surface area contributed by atoms with Crippen molar-refractivity contribution < 1.29 is 4.79 Å². The fourth-order valence-electron chi connectivity index (χ4n) is 2.23. The van der Waals surface area contributed by atoms with E-state index in [9.17, 15) is 4.79 Å². The second kappa shape index (κ2) is 5.80. The zero-order valence-corrected chi connectivity index (χ0v) is 11.3. The molecule has 4 heteroatoms. The maximum absolute atomic E-state index is 11.4. The summed E-state index contributed by atoms with van der Waals surface area (Å²) in [6, 6.07) is 7.75. The highest BCUT2D eigenvalue weighted by atomic mass is 16.1. The molecule has 19 heavy (non-hydrogen) atoms. The van der Waals surface area contributed by atoms with E-state index in [0.29, 0.717) is 6.54 Å². The van der Waals surface area contributed by atoms with Gasteiger partial charge in [-0.2, -0.15) is 0 Å². The molecule has 1 aromatic carbocycles. The van der Waals surface area contributed by atoms with Gasteiger partial charge >= 0.3 is 0 Å². The molecule has 4 nitrogen and oxygen atoms in total. The van der Waals surface area contributed by atoms with Crippen LogP contribution in [0, 0.1) is 5.92 Å². The first-order valence-electron chi connectivity index (χ1n) is 6.44. The number of hydrogen-bond donors (Lipinski definition) is 2. The van der Waals surface area contributed by atoms with Gasteiger partial charge in [0, 0.05) is 24.3 Å². The standard InChI is InChI=1S/C15H19N3O/c1-10(2)14(15(16)19)18-9-12-5-3-4-11-8-17-7-6-13(11)12/h3-8,10,14,18H,9H2,1-2H3,(H2,16,19). The highest BCUT2D eigenvalue weighted by molar-refractivity contribution is 5.85. The van der Waals surface area contributed by atoms with E-state index in [1.807, 2.05) is 44.3 Å². The summed E-state index contributed by atoms with van der Waals surface area (Å²) in [5.74, 6) is -0.133. The van der Waals surface area contributed by atoms with Crippen molar-refractivity contribution >= 4 is 16.7 Å². The summed E-state index contributed by atoms with van der Waals surface area (Å²) in [5.41, 5.74) is 6.55. The second-order valence-electron chi connectivity index (χ2n) is 5.02. The minimum Gasteiger partial charge on any atom is -0.368 e. The maximum Gasteiger partial charge on any atom is 0.234 e. The van der Waals surface area contributed by atoms with Crippen molar-refractivity contribution in [1.82, 2.24) is 10.3 Å². The molecule has 1 aromatic heterocycles. The van der Waals surface area contributed by atoms with E-state index in [4.69, 9.17) is 5.73 Å². The van der Waals surface area contributed by atoms with Crippen LogP contribution in [0.2, 0.25) is 0 Å². The lowest BCUT2D eigenvalue weighted by Gasteiger charge is -2.19. The summed E-state index contributed by atoms with van der Waals surface area (Å²) in [6.07, 6.45) is 3.62. The molecule has 0 fully saturated rings. The molecule has 0 saturated heterocycles. The normalized spacial score (nSPS) is 12.8. The van der Waals surface area contributed by atoms with Crippen LogP contribution >= 0.6 is 0 Å². The van der Waals surface area contributed by atoms with Crippen molar-refractivity contribution in [3.8, 4) is 0 Å². The number of nitrogens with zero attached hydrogens (tertiary/aromatic N) is 1. The predicted molar refractivity (Wildman–Crippen MR) is 76.4 cm³/mol. The topological polar surface area (TPSA) is 68.0 Å². The number of hydrogen-bond acceptors (Lipinski definition) is 3. The number of aromatic nitrogens is 1. The number of benzene rings is 1. The van der Waals surface area contributed by atoms with E-state index in [-0.39, 0.29) is 17.9 Å². The minimum atomic E-state index is -0.308. The lowest BCUT2D eigenvalue weighted by atomic mass is 10.0. The molecule has 3 N–H and O–H groups in total. The number of carbonyl (C=O) groups is 1. The highest BCUT2D eigenvalue weighted by Gasteiger charge is 2.18. The summed E-state index contributed by atoms with van der Waals surface area (Å²) in [4.78, 5) is 15.5. The Labute approximate surface area is 113 Å². The van der Waals surface area contributed by atoms with Crippen molar-refractivity contribution in [3.05, 3.63) is 42.2 Å². The fraction of sp³-hybridized carbons (Fsp3) is 0.333. The minimum absolute atomic E-state index is 0.175. The van der Waals surface area contributed by atoms with Crippen molar-refractivity contribution in [3.63, 3.8) is 0 Å². The Bertz CT molecular complexity index is 575. The third kappa shape index (κ3) is 3.09. The molecule has 0 aliphatic carbocycles. The molecule has 1 heterocycles. The van der Waals surface area contributed by atoms with Gasteiger partial charge in [-0.15, -0.1) is 0 Å². The van der Waals surface area contributed by atoms with Crippen LogP contribution in [0.1, 0.15) is 19.4 Å². The van der Waals surface area contributed by atoms with E-state index in [1.54, 1.807) is 6.20 Å². The molecule has 0 spiro atoms. The monoisotopic (exact) mass is 257 g/mol. The lowest BCUT2D eigenvalue weighted by molar-refractivity contribution is -0.121. The number of primary amides is 1. The Morgan fingerprint density at radius 2 is 2.16 bits per heavy atom. The molecule has 1 amide bonds. The fourth-order valence-corrected chi connectivity index (χ4v) is 2.23. The van der Waals surface area contributed by atoms with Gasteiger partial charge in [-0.3, -0.25) is 9.78 Å². The first-order valence-corrected chi connectivity index (χ1v) is 6.44. The van der Waals surface area contributed by atoms with E-state index >= 15 is 0 Å². The van der Waals surface area contributed by atoms with Crippen molar-refractivity contribution in [2.24, 2.45) is 11.7 Å². The lowest BCUT2D eigenvalue weighted by Crippen LogP contribution is -2.44. The van der Waals surface area contributed by atoms with Gasteiger partial charge in [-0.05, 0) is 22.9 Å². The SMILES string of the molecule is CC(C)C(NCc1cccc2cnccc12)C(N)=O. The molecular formula is C15H19N3O. The summed E-state index contributed by atoms with van der Waals surface area (Å²) >= 11 is 0. The van der Waals surface area contributed by atoms with E-state index in [2.05, 4.69) is 10.3 Å². The molecular weight excluding hydrogens is 238 g/mol. The molecule has 1 atom stereocenters. The van der Waals surface area contributed by atoms with Crippen LogP contribution in [0.5, 0.6) is 0 Å². The average molecular weight is 257 g/mol. The van der Waals surface area contributed by atoms with Gasteiger partial charge in [0.05, 0.1) is 6.04 Å². The molecule has 1 unspecified atom stereocenters. The van der Waals surface area contributed by atoms with Gasteiger partial charge in [0.2, 0.25) is 5.91 Å². The highest BCUT2D eigenvalue weighted by Crippen LogP contribution is 2.17. The number of pyridine rings is 1. The third-order valence-electron chi connectivity index (χ3n) is 3.26. The van der Waals surface area contributed by atoms with Crippen molar-refractivity contribution in [1.29, 1.82) is 0 Å². The molecule has 0 aliphatic rings. The molecule has 0 bridgehead atoms. The first kappa shape index (κ1) is 13.5. The molecule has 2 aromatic rings. The molecule has 0 aliphatic heterocycles. The smallest absolute Gasteiger partial charge is 0.234 e. The summed E-state index contributed by atoms with van der Waals surface area (Å²) in [6.45, 7) is 4.58. The first-order chi connectivity index (χ1) is 9.09.